The highest BCUT2D eigenvalue weighted by molar-refractivity contribution is 6.31. The molecule has 1 saturated carbocycles. The summed E-state index contributed by atoms with van der Waals surface area (Å²) in [5, 5.41) is 5.79. The smallest absolute Gasteiger partial charge is 0.254 e. The van der Waals surface area contributed by atoms with Gasteiger partial charge in [0.1, 0.15) is 5.75 Å². The third-order valence-corrected chi connectivity index (χ3v) is 5.87. The molecule has 1 heterocycles. The summed E-state index contributed by atoms with van der Waals surface area (Å²) in [5.74, 6) is 0.108. The van der Waals surface area contributed by atoms with Crippen LogP contribution < -0.4 is 4.74 Å². The van der Waals surface area contributed by atoms with Gasteiger partial charge in [-0.25, -0.2) is 0 Å². The molecule has 0 spiro atoms. The third kappa shape index (κ3) is 2.75. The van der Waals surface area contributed by atoms with Crippen molar-refractivity contribution in [3.05, 3.63) is 40.9 Å². The molecule has 6 heteroatoms. The first-order valence-electron chi connectivity index (χ1n) is 9.06. The number of hydrogen-bond donors (Lipinski definition) is 0. The lowest BCUT2D eigenvalue weighted by atomic mass is 9.85. The van der Waals surface area contributed by atoms with Gasteiger partial charge in [-0.15, -0.1) is 0 Å². The van der Waals surface area contributed by atoms with E-state index in [2.05, 4.69) is 17.3 Å². The van der Waals surface area contributed by atoms with Crippen LogP contribution in [0.2, 0.25) is 5.02 Å². The van der Waals surface area contributed by atoms with Gasteiger partial charge in [0.2, 0.25) is 0 Å². The van der Waals surface area contributed by atoms with Crippen molar-refractivity contribution in [1.29, 1.82) is 0 Å². The van der Waals surface area contributed by atoms with E-state index < -0.39 is 0 Å². The summed E-state index contributed by atoms with van der Waals surface area (Å²) in [6.07, 6.45) is 7.45. The molecule has 4 rings (SSSR count). The van der Waals surface area contributed by atoms with Crippen LogP contribution in [0.15, 0.2) is 35.5 Å². The number of nitrogens with zero attached hydrogens (tertiary/aromatic N) is 2. The standard InChI is InChI=1S/C20H21ClN2O3/c1-3-11(2)26-16-7-6-15(21)9-14(16)10-22-23-19(24)17-12-4-5-13(8-12)18(17)20(23)25/h4-7,9-13,17-18H,3,8H2,1-2H3/t11-,12-,13-,17-,18+/m0/s1. The SMILES string of the molecule is CC[C@H](C)Oc1ccc(Cl)cc1C=NN1C(=O)[C@@H]2[C@H](C1=O)[C@H]1C=C[C@H]2C1. The van der Waals surface area contributed by atoms with Gasteiger partial charge in [-0.05, 0) is 49.8 Å². The van der Waals surface area contributed by atoms with Crippen molar-refractivity contribution in [2.45, 2.75) is 32.8 Å². The molecule has 1 aromatic rings. The van der Waals surface area contributed by atoms with Gasteiger partial charge in [0.05, 0.1) is 24.2 Å². The maximum absolute atomic E-state index is 12.7. The molecule has 2 amide bonds. The minimum Gasteiger partial charge on any atom is -0.490 e. The number of allylic oxidation sites excluding steroid dienone is 2. The first-order chi connectivity index (χ1) is 12.5. The van der Waals surface area contributed by atoms with Crippen LogP contribution in [-0.2, 0) is 9.59 Å². The van der Waals surface area contributed by atoms with Crippen LogP contribution in [0.4, 0.5) is 0 Å². The van der Waals surface area contributed by atoms with Crippen molar-refractivity contribution in [2.24, 2.45) is 28.8 Å². The summed E-state index contributed by atoms with van der Waals surface area (Å²) in [5.41, 5.74) is 0.650. The number of ether oxygens (including phenoxy) is 1. The summed E-state index contributed by atoms with van der Waals surface area (Å²) in [6.45, 7) is 4.02. The highest BCUT2D eigenvalue weighted by atomic mass is 35.5. The van der Waals surface area contributed by atoms with E-state index in [9.17, 15) is 9.59 Å². The van der Waals surface area contributed by atoms with Gasteiger partial charge in [-0.1, -0.05) is 30.7 Å². The van der Waals surface area contributed by atoms with Crippen LogP contribution in [0.3, 0.4) is 0 Å². The average molecular weight is 373 g/mol. The molecule has 26 heavy (non-hydrogen) atoms. The van der Waals surface area contributed by atoms with Crippen LogP contribution in [0.5, 0.6) is 5.75 Å². The van der Waals surface area contributed by atoms with E-state index in [-0.39, 0.29) is 41.6 Å². The Kier molecular flexibility index (Phi) is 4.35. The second-order valence-corrected chi connectivity index (χ2v) is 7.69. The fraction of sp³-hybridized carbons (Fsp3) is 0.450. The number of carbonyl (C=O) groups is 2. The molecule has 0 unspecified atom stereocenters. The Labute approximate surface area is 157 Å². The number of hydrogen-bond acceptors (Lipinski definition) is 4. The summed E-state index contributed by atoms with van der Waals surface area (Å²) in [4.78, 5) is 25.4. The summed E-state index contributed by atoms with van der Waals surface area (Å²) in [6, 6.07) is 5.25. The second-order valence-electron chi connectivity index (χ2n) is 7.25. The van der Waals surface area contributed by atoms with Gasteiger partial charge in [-0.3, -0.25) is 9.59 Å². The molecular formula is C20H21ClN2O3. The predicted molar refractivity (Wildman–Crippen MR) is 99.0 cm³/mol. The molecule has 0 N–H and O–H groups in total. The first kappa shape index (κ1) is 17.3. The molecule has 1 aromatic carbocycles. The highest BCUT2D eigenvalue weighted by Gasteiger charge is 2.59. The van der Waals surface area contributed by atoms with Gasteiger partial charge < -0.3 is 4.74 Å². The van der Waals surface area contributed by atoms with E-state index in [0.29, 0.717) is 16.3 Å². The van der Waals surface area contributed by atoms with Crippen molar-refractivity contribution in [2.75, 3.05) is 0 Å². The maximum Gasteiger partial charge on any atom is 0.254 e. The molecule has 136 valence electrons. The van der Waals surface area contributed by atoms with Gasteiger partial charge in [0.25, 0.3) is 11.8 Å². The Morgan fingerprint density at radius 3 is 2.54 bits per heavy atom. The minimum atomic E-state index is -0.246. The molecule has 0 radical (unpaired) electrons. The molecular weight excluding hydrogens is 352 g/mol. The zero-order valence-electron chi connectivity index (χ0n) is 14.8. The number of benzene rings is 1. The molecule has 5 nitrogen and oxygen atoms in total. The van der Waals surface area contributed by atoms with Gasteiger partial charge >= 0.3 is 0 Å². The number of fused-ring (bicyclic) bond motifs is 5. The van der Waals surface area contributed by atoms with Crippen LogP contribution >= 0.6 is 11.6 Å². The number of imide groups is 1. The van der Waals surface area contributed by atoms with E-state index in [1.54, 1.807) is 18.2 Å². The average Bonchev–Trinajstić information content (AvgIpc) is 3.30. The van der Waals surface area contributed by atoms with Crippen molar-refractivity contribution < 1.29 is 14.3 Å². The Bertz CT molecular complexity index is 789. The normalized spacial score (nSPS) is 30.5. The van der Waals surface area contributed by atoms with Crippen LogP contribution in [-0.4, -0.2) is 29.1 Å². The molecule has 1 aliphatic heterocycles. The van der Waals surface area contributed by atoms with Crippen LogP contribution in [0.1, 0.15) is 32.3 Å². The summed E-state index contributed by atoms with van der Waals surface area (Å²) < 4.78 is 5.89. The van der Waals surface area contributed by atoms with E-state index in [0.717, 1.165) is 17.9 Å². The molecule has 2 bridgehead atoms. The van der Waals surface area contributed by atoms with Crippen molar-refractivity contribution >= 4 is 29.6 Å². The summed E-state index contributed by atoms with van der Waals surface area (Å²) >= 11 is 6.09. The number of halogens is 1. The molecule has 5 atom stereocenters. The molecule has 1 saturated heterocycles. The lowest BCUT2D eigenvalue weighted by Gasteiger charge is -2.15. The van der Waals surface area contributed by atoms with Crippen LogP contribution in [0.25, 0.3) is 0 Å². The molecule has 0 aromatic heterocycles. The monoisotopic (exact) mass is 372 g/mol. The fourth-order valence-corrected chi connectivity index (χ4v) is 4.33. The van der Waals surface area contributed by atoms with Gasteiger partial charge in [0, 0.05) is 10.6 Å². The zero-order valence-corrected chi connectivity index (χ0v) is 15.5. The van der Waals surface area contributed by atoms with E-state index in [4.69, 9.17) is 16.3 Å². The minimum absolute atomic E-state index is 0.0411. The quantitative estimate of drug-likeness (QED) is 0.450. The number of carbonyl (C=O) groups excluding carboxylic acids is 2. The van der Waals surface area contributed by atoms with Crippen molar-refractivity contribution in [3.8, 4) is 5.75 Å². The van der Waals surface area contributed by atoms with Crippen molar-refractivity contribution in [1.82, 2.24) is 5.01 Å². The molecule has 2 aliphatic carbocycles. The first-order valence-corrected chi connectivity index (χ1v) is 9.43. The lowest BCUT2D eigenvalue weighted by Crippen LogP contribution is -2.28. The highest BCUT2D eigenvalue weighted by Crippen LogP contribution is 2.52. The Balaban J connectivity index is 1.58. The largest absolute Gasteiger partial charge is 0.490 e. The number of hydrazone groups is 1. The number of amides is 2. The zero-order chi connectivity index (χ0) is 18.4. The van der Waals surface area contributed by atoms with Gasteiger partial charge in [-0.2, -0.15) is 10.1 Å². The predicted octanol–water partition coefficient (Wildman–Crippen LogP) is 3.66. The third-order valence-electron chi connectivity index (χ3n) is 5.63. The lowest BCUT2D eigenvalue weighted by molar-refractivity contribution is -0.140. The number of rotatable bonds is 5. The molecule has 2 fully saturated rings. The van der Waals surface area contributed by atoms with Crippen LogP contribution in [0, 0.1) is 23.7 Å². The van der Waals surface area contributed by atoms with Crippen molar-refractivity contribution in [3.63, 3.8) is 0 Å². The Morgan fingerprint density at radius 1 is 1.27 bits per heavy atom. The maximum atomic E-state index is 12.7. The Morgan fingerprint density at radius 2 is 1.92 bits per heavy atom. The second kappa shape index (κ2) is 6.54. The molecule has 3 aliphatic rings. The summed E-state index contributed by atoms with van der Waals surface area (Å²) in [7, 11) is 0. The van der Waals surface area contributed by atoms with E-state index >= 15 is 0 Å². The van der Waals surface area contributed by atoms with E-state index in [1.807, 2.05) is 13.8 Å². The van der Waals surface area contributed by atoms with Gasteiger partial charge in [0.15, 0.2) is 0 Å². The topological polar surface area (TPSA) is 59.0 Å². The fourth-order valence-electron chi connectivity index (χ4n) is 4.15. The van der Waals surface area contributed by atoms with E-state index in [1.165, 1.54) is 6.21 Å². The Hall–Kier alpha value is -2.14.